The van der Waals surface area contributed by atoms with Crippen LogP contribution in [0.4, 0.5) is 0 Å². The van der Waals surface area contributed by atoms with Gasteiger partial charge in [0.25, 0.3) is 0 Å². The Kier molecular flexibility index (Phi) is 5.09. The SMILES string of the molecule is C[C@@H](NC(=O)CSc1nncn1-c1ccccc1)c1cccs1. The van der Waals surface area contributed by atoms with Gasteiger partial charge in [0.1, 0.15) is 6.33 Å². The molecule has 1 aromatic carbocycles. The number of aromatic nitrogens is 3. The maximum absolute atomic E-state index is 12.1. The van der Waals surface area contributed by atoms with Crippen LogP contribution in [-0.2, 0) is 4.79 Å². The van der Waals surface area contributed by atoms with E-state index in [-0.39, 0.29) is 11.9 Å². The predicted molar refractivity (Wildman–Crippen MR) is 93.0 cm³/mol. The molecule has 0 fully saturated rings. The van der Waals surface area contributed by atoms with Crippen molar-refractivity contribution >= 4 is 29.0 Å². The van der Waals surface area contributed by atoms with Crippen molar-refractivity contribution in [2.45, 2.75) is 18.1 Å². The lowest BCUT2D eigenvalue weighted by atomic mass is 10.3. The van der Waals surface area contributed by atoms with Crippen LogP contribution in [-0.4, -0.2) is 26.4 Å². The molecule has 0 radical (unpaired) electrons. The molecule has 0 unspecified atom stereocenters. The van der Waals surface area contributed by atoms with Gasteiger partial charge in [-0.05, 0) is 30.5 Å². The Balaban J connectivity index is 1.59. The Bertz CT molecular complexity index is 756. The van der Waals surface area contributed by atoms with E-state index in [0.717, 1.165) is 10.6 Å². The smallest absolute Gasteiger partial charge is 0.230 e. The van der Waals surface area contributed by atoms with Crippen molar-refractivity contribution in [2.75, 3.05) is 5.75 Å². The summed E-state index contributed by atoms with van der Waals surface area (Å²) >= 11 is 3.02. The van der Waals surface area contributed by atoms with Gasteiger partial charge >= 0.3 is 0 Å². The van der Waals surface area contributed by atoms with Crippen molar-refractivity contribution in [3.8, 4) is 5.69 Å². The number of carbonyl (C=O) groups is 1. The van der Waals surface area contributed by atoms with Gasteiger partial charge in [-0.1, -0.05) is 36.0 Å². The van der Waals surface area contributed by atoms with E-state index >= 15 is 0 Å². The number of rotatable bonds is 6. The quantitative estimate of drug-likeness (QED) is 0.697. The lowest BCUT2D eigenvalue weighted by Crippen LogP contribution is -2.27. The third-order valence-electron chi connectivity index (χ3n) is 3.23. The van der Waals surface area contributed by atoms with Crippen molar-refractivity contribution in [3.63, 3.8) is 0 Å². The summed E-state index contributed by atoms with van der Waals surface area (Å²) < 4.78 is 1.88. The predicted octanol–water partition coefficient (Wildman–Crippen LogP) is 3.30. The van der Waals surface area contributed by atoms with Crippen molar-refractivity contribution in [1.29, 1.82) is 0 Å². The lowest BCUT2D eigenvalue weighted by molar-refractivity contribution is -0.119. The first-order valence-electron chi connectivity index (χ1n) is 7.15. The fraction of sp³-hybridized carbons (Fsp3) is 0.188. The first kappa shape index (κ1) is 15.8. The molecule has 3 aromatic rings. The van der Waals surface area contributed by atoms with E-state index in [9.17, 15) is 4.79 Å². The first-order chi connectivity index (χ1) is 11.2. The van der Waals surface area contributed by atoms with Crippen molar-refractivity contribution in [1.82, 2.24) is 20.1 Å². The van der Waals surface area contributed by atoms with Crippen LogP contribution in [0.5, 0.6) is 0 Å². The number of nitrogens with one attached hydrogen (secondary N) is 1. The summed E-state index contributed by atoms with van der Waals surface area (Å²) in [5, 5.41) is 13.7. The van der Waals surface area contributed by atoms with Crippen LogP contribution < -0.4 is 5.32 Å². The highest BCUT2D eigenvalue weighted by molar-refractivity contribution is 7.99. The highest BCUT2D eigenvalue weighted by atomic mass is 32.2. The fourth-order valence-electron chi connectivity index (χ4n) is 2.11. The molecule has 118 valence electrons. The number of hydrogen-bond acceptors (Lipinski definition) is 5. The number of para-hydroxylation sites is 1. The topological polar surface area (TPSA) is 59.8 Å². The molecule has 3 rings (SSSR count). The molecule has 0 saturated heterocycles. The highest BCUT2D eigenvalue weighted by Gasteiger charge is 2.13. The van der Waals surface area contributed by atoms with Gasteiger partial charge < -0.3 is 5.32 Å². The Hall–Kier alpha value is -2.12. The van der Waals surface area contributed by atoms with E-state index in [1.54, 1.807) is 17.7 Å². The zero-order valence-corrected chi connectivity index (χ0v) is 14.2. The minimum atomic E-state index is -0.0153. The van der Waals surface area contributed by atoms with Crippen LogP contribution >= 0.6 is 23.1 Å². The normalized spacial score (nSPS) is 12.0. The number of thiophene rings is 1. The van der Waals surface area contributed by atoms with Crippen LogP contribution in [0.25, 0.3) is 5.69 Å². The molecule has 0 spiro atoms. The number of amides is 1. The Morgan fingerprint density at radius 3 is 2.87 bits per heavy atom. The van der Waals surface area contributed by atoms with Gasteiger partial charge in [-0.25, -0.2) is 0 Å². The van der Waals surface area contributed by atoms with Gasteiger partial charge in [0.2, 0.25) is 5.91 Å². The van der Waals surface area contributed by atoms with Gasteiger partial charge in [0.15, 0.2) is 5.16 Å². The molecule has 0 bridgehead atoms. The summed E-state index contributed by atoms with van der Waals surface area (Å²) in [4.78, 5) is 13.3. The second-order valence-corrected chi connectivity index (χ2v) is 6.83. The number of carbonyl (C=O) groups excluding carboxylic acids is 1. The van der Waals surface area contributed by atoms with E-state index in [4.69, 9.17) is 0 Å². The molecule has 0 aliphatic rings. The fourth-order valence-corrected chi connectivity index (χ4v) is 3.59. The molecule has 1 N–H and O–H groups in total. The van der Waals surface area contributed by atoms with Crippen LogP contribution in [0.2, 0.25) is 0 Å². The average molecular weight is 344 g/mol. The van der Waals surface area contributed by atoms with E-state index < -0.39 is 0 Å². The summed E-state index contributed by atoms with van der Waals surface area (Å²) in [6.45, 7) is 1.99. The van der Waals surface area contributed by atoms with Gasteiger partial charge in [-0.2, -0.15) is 0 Å². The summed E-state index contributed by atoms with van der Waals surface area (Å²) in [6.07, 6.45) is 1.66. The number of nitrogens with zero attached hydrogens (tertiary/aromatic N) is 3. The summed E-state index contributed by atoms with van der Waals surface area (Å²) in [5.74, 6) is 0.292. The van der Waals surface area contributed by atoms with E-state index in [1.165, 1.54) is 11.8 Å². The third kappa shape index (κ3) is 4.00. The molecule has 1 atom stereocenters. The van der Waals surface area contributed by atoms with Gasteiger partial charge in [0.05, 0.1) is 11.8 Å². The molecule has 0 saturated carbocycles. The minimum Gasteiger partial charge on any atom is -0.348 e. The van der Waals surface area contributed by atoms with Crippen molar-refractivity contribution in [3.05, 3.63) is 59.0 Å². The second-order valence-electron chi connectivity index (χ2n) is 4.91. The molecular weight excluding hydrogens is 328 g/mol. The molecule has 0 aliphatic heterocycles. The van der Waals surface area contributed by atoms with E-state index in [1.807, 2.05) is 59.3 Å². The van der Waals surface area contributed by atoms with Crippen LogP contribution in [0.1, 0.15) is 17.8 Å². The number of thioether (sulfide) groups is 1. The molecule has 23 heavy (non-hydrogen) atoms. The molecule has 2 aromatic heterocycles. The lowest BCUT2D eigenvalue weighted by Gasteiger charge is -2.12. The molecule has 1 amide bonds. The van der Waals surface area contributed by atoms with Gasteiger partial charge in [-0.3, -0.25) is 9.36 Å². The Morgan fingerprint density at radius 2 is 2.13 bits per heavy atom. The highest BCUT2D eigenvalue weighted by Crippen LogP contribution is 2.21. The first-order valence-corrected chi connectivity index (χ1v) is 9.01. The van der Waals surface area contributed by atoms with Gasteiger partial charge in [0, 0.05) is 10.6 Å². The summed E-state index contributed by atoms with van der Waals surface area (Å²) in [6, 6.07) is 13.9. The third-order valence-corrected chi connectivity index (χ3v) is 5.23. The Labute approximate surface area is 142 Å². The van der Waals surface area contributed by atoms with E-state index in [2.05, 4.69) is 15.5 Å². The second kappa shape index (κ2) is 7.43. The minimum absolute atomic E-state index is 0.0153. The molecular formula is C16H16N4OS2. The zero-order valence-electron chi connectivity index (χ0n) is 12.5. The number of benzene rings is 1. The molecule has 7 heteroatoms. The van der Waals surface area contributed by atoms with Crippen LogP contribution in [0.3, 0.4) is 0 Å². The van der Waals surface area contributed by atoms with Crippen LogP contribution in [0.15, 0.2) is 59.3 Å². The van der Waals surface area contributed by atoms with Crippen molar-refractivity contribution in [2.24, 2.45) is 0 Å². The standard InChI is InChI=1S/C16H16N4OS2/c1-12(14-8-5-9-22-14)18-15(21)10-23-16-19-17-11-20(16)13-6-3-2-4-7-13/h2-9,11-12H,10H2,1H3,(H,18,21)/t12-/m1/s1. The zero-order chi connectivity index (χ0) is 16.1. The molecule has 5 nitrogen and oxygen atoms in total. The van der Waals surface area contributed by atoms with Crippen molar-refractivity contribution < 1.29 is 4.79 Å². The largest absolute Gasteiger partial charge is 0.348 e. The summed E-state index contributed by atoms with van der Waals surface area (Å²) in [5.41, 5.74) is 0.979. The number of hydrogen-bond donors (Lipinski definition) is 1. The maximum atomic E-state index is 12.1. The van der Waals surface area contributed by atoms with Gasteiger partial charge in [-0.15, -0.1) is 21.5 Å². The summed E-state index contributed by atoms with van der Waals surface area (Å²) in [7, 11) is 0. The molecule has 0 aliphatic carbocycles. The molecule has 2 heterocycles. The van der Waals surface area contributed by atoms with E-state index in [0.29, 0.717) is 10.9 Å². The maximum Gasteiger partial charge on any atom is 0.230 e. The van der Waals surface area contributed by atoms with Crippen LogP contribution in [0, 0.1) is 0 Å². The Morgan fingerprint density at radius 1 is 1.30 bits per heavy atom. The average Bonchev–Trinajstić information content (AvgIpc) is 3.25. The monoisotopic (exact) mass is 344 g/mol.